The third kappa shape index (κ3) is 0.589. The fourth-order valence-corrected chi connectivity index (χ4v) is 4.14. The van der Waals surface area contributed by atoms with E-state index in [4.69, 9.17) is 0 Å². The van der Waals surface area contributed by atoms with Crippen LogP contribution in [0.15, 0.2) is 12.2 Å². The summed E-state index contributed by atoms with van der Waals surface area (Å²) in [5.74, 6) is 1.81. The highest BCUT2D eigenvalue weighted by molar-refractivity contribution is 5.99. The Morgan fingerprint density at radius 1 is 1.54 bits per heavy atom. The van der Waals surface area contributed by atoms with Crippen molar-refractivity contribution in [2.75, 3.05) is 0 Å². The van der Waals surface area contributed by atoms with Crippen molar-refractivity contribution in [1.82, 2.24) is 0 Å². The number of hydrogen-bond acceptors (Lipinski definition) is 1. The van der Waals surface area contributed by atoms with Crippen LogP contribution in [0.4, 0.5) is 0 Å². The highest BCUT2D eigenvalue weighted by Crippen LogP contribution is 2.70. The highest BCUT2D eigenvalue weighted by atomic mass is 16.1. The molecule has 4 atom stereocenters. The maximum Gasteiger partial charge on any atom is 0.162 e. The molecule has 1 heteroatoms. The molecule has 2 saturated carbocycles. The standard InChI is InChI=1S/C12H16O/c1-8-9-3-5-12(7-9)6-4-10(13)11(8,12)2/h4,6,8-9H,3,5,7H2,1-2H3/t8-,9-,11-,12-/m0/s1. The van der Waals surface area contributed by atoms with Crippen molar-refractivity contribution in [3.63, 3.8) is 0 Å². The Balaban J connectivity index is 2.19. The Morgan fingerprint density at radius 3 is 3.00 bits per heavy atom. The van der Waals surface area contributed by atoms with E-state index >= 15 is 0 Å². The van der Waals surface area contributed by atoms with Gasteiger partial charge >= 0.3 is 0 Å². The predicted molar refractivity (Wildman–Crippen MR) is 51.2 cm³/mol. The molecular weight excluding hydrogens is 160 g/mol. The maximum absolute atomic E-state index is 11.9. The Bertz CT molecular complexity index is 317. The molecule has 0 N–H and O–H groups in total. The second kappa shape index (κ2) is 1.92. The predicted octanol–water partition coefficient (Wildman–Crippen LogP) is 2.57. The lowest BCUT2D eigenvalue weighted by Crippen LogP contribution is -2.41. The Hall–Kier alpha value is -0.590. The number of allylic oxidation sites excluding steroid dienone is 2. The Kier molecular flexibility index (Phi) is 1.15. The summed E-state index contributed by atoms with van der Waals surface area (Å²) in [6.07, 6.45) is 7.93. The van der Waals surface area contributed by atoms with Gasteiger partial charge in [0, 0.05) is 10.8 Å². The summed E-state index contributed by atoms with van der Waals surface area (Å²) in [7, 11) is 0. The molecule has 2 bridgehead atoms. The molecule has 1 spiro atoms. The van der Waals surface area contributed by atoms with Crippen molar-refractivity contribution in [1.29, 1.82) is 0 Å². The van der Waals surface area contributed by atoms with Crippen LogP contribution in [-0.2, 0) is 4.79 Å². The minimum absolute atomic E-state index is 0.0318. The van der Waals surface area contributed by atoms with Crippen LogP contribution in [-0.4, -0.2) is 5.78 Å². The lowest BCUT2D eigenvalue weighted by atomic mass is 9.61. The number of carbonyl (C=O) groups excluding carboxylic acids is 1. The van der Waals surface area contributed by atoms with Crippen molar-refractivity contribution in [3.05, 3.63) is 12.2 Å². The van der Waals surface area contributed by atoms with Gasteiger partial charge in [0.05, 0.1) is 0 Å². The minimum atomic E-state index is -0.0318. The van der Waals surface area contributed by atoms with Gasteiger partial charge in [0.25, 0.3) is 0 Å². The smallest absolute Gasteiger partial charge is 0.162 e. The van der Waals surface area contributed by atoms with Gasteiger partial charge in [-0.15, -0.1) is 0 Å². The van der Waals surface area contributed by atoms with Crippen LogP contribution in [0.2, 0.25) is 0 Å². The van der Waals surface area contributed by atoms with Crippen molar-refractivity contribution < 1.29 is 4.79 Å². The van der Waals surface area contributed by atoms with E-state index in [1.54, 1.807) is 0 Å². The van der Waals surface area contributed by atoms with Crippen LogP contribution >= 0.6 is 0 Å². The van der Waals surface area contributed by atoms with Crippen molar-refractivity contribution in [2.45, 2.75) is 33.1 Å². The van der Waals surface area contributed by atoms with Crippen LogP contribution in [0.1, 0.15) is 33.1 Å². The molecule has 0 saturated heterocycles. The lowest BCUT2D eigenvalue weighted by Gasteiger charge is -2.41. The van der Waals surface area contributed by atoms with Gasteiger partial charge in [-0.05, 0) is 37.2 Å². The number of carbonyl (C=O) groups is 1. The van der Waals surface area contributed by atoms with E-state index in [1.807, 2.05) is 6.08 Å². The van der Waals surface area contributed by atoms with E-state index in [2.05, 4.69) is 19.9 Å². The molecule has 2 fully saturated rings. The summed E-state index contributed by atoms with van der Waals surface area (Å²) in [5, 5.41) is 0. The van der Waals surface area contributed by atoms with Crippen molar-refractivity contribution >= 4 is 5.78 Å². The fraction of sp³-hybridized carbons (Fsp3) is 0.750. The summed E-state index contributed by atoms with van der Waals surface area (Å²) in [4.78, 5) is 11.9. The second-order valence-electron chi connectivity index (χ2n) is 5.35. The Labute approximate surface area is 79.2 Å². The van der Waals surface area contributed by atoms with Gasteiger partial charge < -0.3 is 0 Å². The van der Waals surface area contributed by atoms with Gasteiger partial charge in [0.2, 0.25) is 0 Å². The zero-order valence-electron chi connectivity index (χ0n) is 8.34. The number of ketones is 1. The van der Waals surface area contributed by atoms with E-state index in [9.17, 15) is 4.79 Å². The molecule has 70 valence electrons. The molecule has 0 aromatic rings. The highest BCUT2D eigenvalue weighted by Gasteiger charge is 2.66. The SMILES string of the molecule is C[C@H]1[C@H]2CC[C@]3(C=CC(=O)[C@]13C)C2. The summed E-state index contributed by atoms with van der Waals surface area (Å²) >= 11 is 0. The zero-order chi connectivity index (χ0) is 9.27. The fourth-order valence-electron chi connectivity index (χ4n) is 4.14. The van der Waals surface area contributed by atoms with E-state index in [-0.39, 0.29) is 10.8 Å². The molecule has 0 amide bonds. The van der Waals surface area contributed by atoms with Gasteiger partial charge in [0.15, 0.2) is 5.78 Å². The van der Waals surface area contributed by atoms with Gasteiger partial charge in [-0.1, -0.05) is 19.9 Å². The average Bonchev–Trinajstić information content (AvgIpc) is 2.70. The summed E-state index contributed by atoms with van der Waals surface area (Å²) < 4.78 is 0. The van der Waals surface area contributed by atoms with Gasteiger partial charge in [0.1, 0.15) is 0 Å². The van der Waals surface area contributed by atoms with E-state index in [0.717, 1.165) is 5.92 Å². The van der Waals surface area contributed by atoms with Gasteiger partial charge in [-0.3, -0.25) is 4.79 Å². The van der Waals surface area contributed by atoms with E-state index < -0.39 is 0 Å². The molecule has 0 aromatic carbocycles. The molecule has 3 aliphatic carbocycles. The average molecular weight is 176 g/mol. The van der Waals surface area contributed by atoms with Gasteiger partial charge in [-0.25, -0.2) is 0 Å². The summed E-state index contributed by atoms with van der Waals surface area (Å²) in [6.45, 7) is 4.47. The zero-order valence-corrected chi connectivity index (χ0v) is 8.34. The molecule has 0 aromatic heterocycles. The van der Waals surface area contributed by atoms with Crippen LogP contribution in [0.25, 0.3) is 0 Å². The third-order valence-corrected chi connectivity index (χ3v) is 5.31. The monoisotopic (exact) mass is 176 g/mol. The molecule has 1 nitrogen and oxygen atoms in total. The molecule has 13 heavy (non-hydrogen) atoms. The molecule has 3 rings (SSSR count). The lowest BCUT2D eigenvalue weighted by molar-refractivity contribution is -0.129. The Morgan fingerprint density at radius 2 is 2.31 bits per heavy atom. The molecule has 0 unspecified atom stereocenters. The molecule has 0 heterocycles. The summed E-state index contributed by atoms with van der Waals surface area (Å²) in [5.41, 5.74) is 0.240. The van der Waals surface area contributed by atoms with Crippen LogP contribution in [0.3, 0.4) is 0 Å². The topological polar surface area (TPSA) is 17.1 Å². The largest absolute Gasteiger partial charge is 0.294 e. The first-order valence-electron chi connectivity index (χ1n) is 5.34. The van der Waals surface area contributed by atoms with Crippen molar-refractivity contribution in [3.8, 4) is 0 Å². The molecule has 0 radical (unpaired) electrons. The minimum Gasteiger partial charge on any atom is -0.294 e. The first-order valence-corrected chi connectivity index (χ1v) is 5.34. The van der Waals surface area contributed by atoms with Crippen molar-refractivity contribution in [2.24, 2.45) is 22.7 Å². The van der Waals surface area contributed by atoms with Gasteiger partial charge in [-0.2, -0.15) is 0 Å². The second-order valence-corrected chi connectivity index (χ2v) is 5.35. The molecular formula is C12H16O. The van der Waals surface area contributed by atoms with Crippen LogP contribution < -0.4 is 0 Å². The number of fused-ring (bicyclic) bond motifs is 1. The quantitative estimate of drug-likeness (QED) is 0.554. The third-order valence-electron chi connectivity index (χ3n) is 5.31. The first-order chi connectivity index (χ1) is 6.10. The number of rotatable bonds is 0. The van der Waals surface area contributed by atoms with E-state index in [1.165, 1.54) is 19.3 Å². The molecule has 3 aliphatic rings. The number of hydrogen-bond donors (Lipinski definition) is 0. The molecule has 0 aliphatic heterocycles. The van der Waals surface area contributed by atoms with Crippen LogP contribution in [0.5, 0.6) is 0 Å². The van der Waals surface area contributed by atoms with Crippen LogP contribution in [0, 0.1) is 22.7 Å². The van der Waals surface area contributed by atoms with E-state index in [0.29, 0.717) is 11.7 Å². The first kappa shape index (κ1) is 7.78. The maximum atomic E-state index is 11.9. The summed E-state index contributed by atoms with van der Waals surface area (Å²) in [6, 6.07) is 0. The normalized spacial score (nSPS) is 57.5.